The molecule has 0 unspecified atom stereocenters. The van der Waals surface area contributed by atoms with Gasteiger partial charge in [0.25, 0.3) is 0 Å². The van der Waals surface area contributed by atoms with Gasteiger partial charge in [-0.15, -0.1) is 0 Å². The fourth-order valence-corrected chi connectivity index (χ4v) is 1.45. The first-order valence-corrected chi connectivity index (χ1v) is 5.91. The summed E-state index contributed by atoms with van der Waals surface area (Å²) in [4.78, 5) is 22.4. The van der Waals surface area contributed by atoms with Gasteiger partial charge in [0.15, 0.2) is 11.6 Å². The predicted molar refractivity (Wildman–Crippen MR) is 62.9 cm³/mol. The first-order valence-electron chi connectivity index (χ1n) is 5.91. The second kappa shape index (κ2) is 6.29. The van der Waals surface area contributed by atoms with Crippen LogP contribution in [-0.4, -0.2) is 26.0 Å². The van der Waals surface area contributed by atoms with Crippen molar-refractivity contribution < 1.29 is 22.5 Å². The number of aryl methyl sites for hydroxylation is 1. The minimum Gasteiger partial charge on any atom is -0.329 e. The fourth-order valence-electron chi connectivity index (χ4n) is 1.45. The van der Waals surface area contributed by atoms with Crippen LogP contribution in [0.2, 0.25) is 0 Å². The van der Waals surface area contributed by atoms with Gasteiger partial charge in [-0.05, 0) is 6.42 Å². The molecule has 1 amide bonds. The van der Waals surface area contributed by atoms with E-state index in [2.05, 4.69) is 29.9 Å². The Morgan fingerprint density at radius 1 is 1.33 bits per heavy atom. The minimum atomic E-state index is -4.66. The van der Waals surface area contributed by atoms with E-state index in [1.807, 2.05) is 0 Å². The Kier molecular flexibility index (Phi) is 4.45. The van der Waals surface area contributed by atoms with Gasteiger partial charge in [-0.1, -0.05) is 5.16 Å². The van der Waals surface area contributed by atoms with E-state index < -0.39 is 12.1 Å². The molecular weight excluding hydrogens is 291 g/mol. The minimum absolute atomic E-state index is 0.0883. The lowest BCUT2D eigenvalue weighted by molar-refractivity contribution is -0.159. The topological polar surface area (TPSA) is 93.8 Å². The van der Waals surface area contributed by atoms with E-state index in [4.69, 9.17) is 0 Å². The second-order valence-corrected chi connectivity index (χ2v) is 4.01. The highest BCUT2D eigenvalue weighted by atomic mass is 19.4. The third kappa shape index (κ3) is 4.51. The molecule has 0 aliphatic rings. The zero-order valence-electron chi connectivity index (χ0n) is 10.6. The number of halogens is 3. The van der Waals surface area contributed by atoms with Crippen LogP contribution in [0.25, 0.3) is 0 Å². The van der Waals surface area contributed by atoms with Gasteiger partial charge >= 0.3 is 12.1 Å². The van der Waals surface area contributed by atoms with Crippen molar-refractivity contribution in [1.29, 1.82) is 0 Å². The van der Waals surface area contributed by atoms with Crippen molar-refractivity contribution in [3.63, 3.8) is 0 Å². The van der Waals surface area contributed by atoms with E-state index >= 15 is 0 Å². The first-order chi connectivity index (χ1) is 9.95. The molecule has 0 aliphatic carbocycles. The van der Waals surface area contributed by atoms with Gasteiger partial charge in [-0.2, -0.15) is 18.2 Å². The highest BCUT2D eigenvalue weighted by molar-refractivity contribution is 5.89. The quantitative estimate of drug-likeness (QED) is 0.905. The monoisotopic (exact) mass is 301 g/mol. The molecule has 21 heavy (non-hydrogen) atoms. The maximum absolute atomic E-state index is 12.2. The molecule has 7 nitrogen and oxygen atoms in total. The van der Waals surface area contributed by atoms with Crippen LogP contribution in [0.3, 0.4) is 0 Å². The Bertz CT molecular complexity index is 599. The van der Waals surface area contributed by atoms with Gasteiger partial charge < -0.3 is 9.84 Å². The highest BCUT2D eigenvalue weighted by Gasteiger charge is 2.38. The number of carbonyl (C=O) groups is 1. The van der Waals surface area contributed by atoms with Crippen LogP contribution in [0.4, 0.5) is 19.0 Å². The Morgan fingerprint density at radius 3 is 2.76 bits per heavy atom. The molecule has 10 heteroatoms. The molecule has 2 heterocycles. The number of alkyl halides is 3. The Balaban J connectivity index is 1.77. The number of nitrogens with one attached hydrogen (secondary N) is 1. The first kappa shape index (κ1) is 14.9. The van der Waals surface area contributed by atoms with Crippen molar-refractivity contribution in [3.8, 4) is 0 Å². The van der Waals surface area contributed by atoms with Gasteiger partial charge in [-0.25, -0.2) is 4.98 Å². The molecule has 0 saturated heterocycles. The highest BCUT2D eigenvalue weighted by Crippen LogP contribution is 2.27. The lowest BCUT2D eigenvalue weighted by Gasteiger charge is -2.02. The van der Waals surface area contributed by atoms with Crippen molar-refractivity contribution in [2.75, 3.05) is 5.32 Å². The molecule has 0 aliphatic heterocycles. The van der Waals surface area contributed by atoms with E-state index in [0.717, 1.165) is 0 Å². The van der Waals surface area contributed by atoms with Gasteiger partial charge in [0.05, 0.1) is 6.20 Å². The van der Waals surface area contributed by atoms with Crippen LogP contribution in [-0.2, 0) is 17.4 Å². The van der Waals surface area contributed by atoms with Gasteiger partial charge in [-0.3, -0.25) is 9.78 Å². The number of anilines is 1. The standard InChI is InChI=1S/C11H10F3N5O2/c12-11(13,14)10-18-7(19-21-10)2-1-3-9(20)17-8-6-15-4-5-16-8/h4-6H,1-3H2,(H,16,17,20). The number of hydrogen-bond donors (Lipinski definition) is 1. The van der Waals surface area contributed by atoms with Crippen molar-refractivity contribution in [2.45, 2.75) is 25.4 Å². The number of rotatable bonds is 5. The van der Waals surface area contributed by atoms with E-state index in [-0.39, 0.29) is 31.0 Å². The largest absolute Gasteiger partial charge is 0.471 e. The van der Waals surface area contributed by atoms with E-state index in [1.165, 1.54) is 18.6 Å². The Hall–Kier alpha value is -2.52. The summed E-state index contributed by atoms with van der Waals surface area (Å²) in [6.45, 7) is 0. The maximum atomic E-state index is 12.2. The number of nitrogens with zero attached hydrogens (tertiary/aromatic N) is 4. The number of carbonyl (C=O) groups excluding carboxylic acids is 1. The second-order valence-electron chi connectivity index (χ2n) is 4.01. The molecule has 2 rings (SSSR count). The molecule has 2 aromatic rings. The van der Waals surface area contributed by atoms with Crippen LogP contribution in [0.15, 0.2) is 23.1 Å². The van der Waals surface area contributed by atoms with Gasteiger partial charge in [0.2, 0.25) is 5.91 Å². The summed E-state index contributed by atoms with van der Waals surface area (Å²) in [6, 6.07) is 0. The number of amides is 1. The third-order valence-corrected chi connectivity index (χ3v) is 2.35. The number of hydrogen-bond acceptors (Lipinski definition) is 6. The van der Waals surface area contributed by atoms with Crippen LogP contribution in [0.1, 0.15) is 24.6 Å². The molecule has 0 radical (unpaired) electrons. The molecule has 0 atom stereocenters. The summed E-state index contributed by atoms with van der Waals surface area (Å²) in [6.07, 6.45) is 0.0852. The molecule has 0 spiro atoms. The SMILES string of the molecule is O=C(CCCc1noc(C(F)(F)F)n1)Nc1cnccn1. The predicted octanol–water partition coefficient (Wildman–Crippen LogP) is 1.84. The van der Waals surface area contributed by atoms with Crippen molar-refractivity contribution >= 4 is 11.7 Å². The van der Waals surface area contributed by atoms with Gasteiger partial charge in [0, 0.05) is 25.2 Å². The van der Waals surface area contributed by atoms with Crippen molar-refractivity contribution in [2.24, 2.45) is 0 Å². The smallest absolute Gasteiger partial charge is 0.329 e. The molecule has 0 aromatic carbocycles. The van der Waals surface area contributed by atoms with Crippen LogP contribution in [0, 0.1) is 0 Å². The number of aromatic nitrogens is 4. The third-order valence-electron chi connectivity index (χ3n) is 2.35. The summed E-state index contributed by atoms with van der Waals surface area (Å²) in [7, 11) is 0. The molecule has 0 saturated carbocycles. The van der Waals surface area contributed by atoms with Crippen LogP contribution in [0.5, 0.6) is 0 Å². The molecule has 2 aromatic heterocycles. The zero-order valence-corrected chi connectivity index (χ0v) is 10.6. The van der Waals surface area contributed by atoms with Crippen molar-refractivity contribution in [1.82, 2.24) is 20.1 Å². The summed E-state index contributed by atoms with van der Waals surface area (Å²) in [5, 5.41) is 5.70. The van der Waals surface area contributed by atoms with Crippen LogP contribution >= 0.6 is 0 Å². The van der Waals surface area contributed by atoms with E-state index in [9.17, 15) is 18.0 Å². The van der Waals surface area contributed by atoms with E-state index in [0.29, 0.717) is 5.82 Å². The average molecular weight is 301 g/mol. The summed E-state index contributed by atoms with van der Waals surface area (Å²) in [5.41, 5.74) is 0. The Morgan fingerprint density at radius 2 is 2.14 bits per heavy atom. The average Bonchev–Trinajstić information content (AvgIpc) is 2.88. The molecule has 0 fully saturated rings. The molecule has 1 N–H and O–H groups in total. The normalized spacial score (nSPS) is 11.4. The Labute approximate surface area is 116 Å². The van der Waals surface area contributed by atoms with Crippen molar-refractivity contribution in [3.05, 3.63) is 30.3 Å². The lowest BCUT2D eigenvalue weighted by Crippen LogP contribution is -2.12. The summed E-state index contributed by atoms with van der Waals surface area (Å²) in [5.74, 6) is -1.49. The summed E-state index contributed by atoms with van der Waals surface area (Å²) < 4.78 is 40.7. The summed E-state index contributed by atoms with van der Waals surface area (Å²) >= 11 is 0. The maximum Gasteiger partial charge on any atom is 0.471 e. The van der Waals surface area contributed by atoms with E-state index in [1.54, 1.807) is 0 Å². The fraction of sp³-hybridized carbons (Fsp3) is 0.364. The molecular formula is C11H10F3N5O2. The van der Waals surface area contributed by atoms with Gasteiger partial charge in [0.1, 0.15) is 0 Å². The molecule has 112 valence electrons. The molecule has 0 bridgehead atoms. The van der Waals surface area contributed by atoms with Crippen LogP contribution < -0.4 is 5.32 Å². The lowest BCUT2D eigenvalue weighted by atomic mass is 10.2. The zero-order chi connectivity index (χ0) is 15.3.